The standard InChI is InChI=1S/C15H28N4O5/c1-9(20)12(15(23)24)19-14(22)11(5-2-3-7-16)18-13(21)10-6-4-8-17-10/h9-12,17,20H,2-8,16H2,1H3,(H,18,21)(H,19,22)(H,23,24). The zero-order chi connectivity index (χ0) is 18.1. The lowest BCUT2D eigenvalue weighted by atomic mass is 10.1. The number of carbonyl (C=O) groups is 3. The third kappa shape index (κ3) is 6.42. The number of hydrogen-bond acceptors (Lipinski definition) is 6. The Morgan fingerprint density at radius 3 is 2.50 bits per heavy atom. The van der Waals surface area contributed by atoms with Crippen LogP contribution in [0.3, 0.4) is 0 Å². The van der Waals surface area contributed by atoms with Crippen molar-refractivity contribution in [2.45, 2.75) is 63.3 Å². The molecular formula is C15H28N4O5. The highest BCUT2D eigenvalue weighted by molar-refractivity contribution is 5.92. The summed E-state index contributed by atoms with van der Waals surface area (Å²) in [7, 11) is 0. The van der Waals surface area contributed by atoms with Crippen molar-refractivity contribution >= 4 is 17.8 Å². The molecule has 7 N–H and O–H groups in total. The van der Waals surface area contributed by atoms with Crippen LogP contribution in [0.25, 0.3) is 0 Å². The van der Waals surface area contributed by atoms with Crippen molar-refractivity contribution in [1.82, 2.24) is 16.0 Å². The SMILES string of the molecule is CC(O)C(NC(=O)C(CCCCN)NC(=O)C1CCCN1)C(=O)O. The van der Waals surface area contributed by atoms with Crippen LogP contribution in [-0.4, -0.2) is 65.3 Å². The molecule has 2 amide bonds. The second kappa shape index (κ2) is 10.2. The Bertz CT molecular complexity index is 438. The summed E-state index contributed by atoms with van der Waals surface area (Å²) in [6.07, 6.45) is 2.02. The summed E-state index contributed by atoms with van der Waals surface area (Å²) in [6, 6.07) is -2.61. The highest BCUT2D eigenvalue weighted by Crippen LogP contribution is 2.08. The van der Waals surface area contributed by atoms with Crippen LogP contribution in [0, 0.1) is 0 Å². The van der Waals surface area contributed by atoms with E-state index >= 15 is 0 Å². The van der Waals surface area contributed by atoms with Crippen LogP contribution in [0.1, 0.15) is 39.0 Å². The summed E-state index contributed by atoms with van der Waals surface area (Å²) in [5.41, 5.74) is 5.44. The van der Waals surface area contributed by atoms with E-state index in [0.29, 0.717) is 32.2 Å². The summed E-state index contributed by atoms with van der Waals surface area (Å²) in [5.74, 6) is -2.22. The molecule has 138 valence electrons. The Morgan fingerprint density at radius 1 is 1.29 bits per heavy atom. The van der Waals surface area contributed by atoms with Crippen molar-refractivity contribution < 1.29 is 24.6 Å². The minimum absolute atomic E-state index is 0.274. The van der Waals surface area contributed by atoms with E-state index < -0.39 is 30.1 Å². The third-order valence-electron chi connectivity index (χ3n) is 4.00. The van der Waals surface area contributed by atoms with Crippen molar-refractivity contribution in [2.24, 2.45) is 5.73 Å². The number of carboxylic acids is 1. The number of carbonyl (C=O) groups excluding carboxylic acids is 2. The second-order valence-corrected chi connectivity index (χ2v) is 6.06. The molecule has 24 heavy (non-hydrogen) atoms. The maximum atomic E-state index is 12.4. The van der Waals surface area contributed by atoms with Crippen molar-refractivity contribution in [3.8, 4) is 0 Å². The number of nitrogens with one attached hydrogen (secondary N) is 3. The first kappa shape index (κ1) is 20.3. The predicted octanol–water partition coefficient (Wildman–Crippen LogP) is -1.70. The molecule has 1 aliphatic rings. The van der Waals surface area contributed by atoms with Crippen LogP contribution in [0.15, 0.2) is 0 Å². The molecular weight excluding hydrogens is 316 g/mol. The number of amides is 2. The summed E-state index contributed by atoms with van der Waals surface area (Å²) < 4.78 is 0. The number of aliphatic hydroxyl groups is 1. The highest BCUT2D eigenvalue weighted by atomic mass is 16.4. The molecule has 9 nitrogen and oxygen atoms in total. The average molecular weight is 344 g/mol. The van der Waals surface area contributed by atoms with Gasteiger partial charge in [0.1, 0.15) is 6.04 Å². The van der Waals surface area contributed by atoms with Crippen LogP contribution < -0.4 is 21.7 Å². The number of aliphatic carboxylic acids is 1. The van der Waals surface area contributed by atoms with Crippen molar-refractivity contribution in [3.63, 3.8) is 0 Å². The Hall–Kier alpha value is -1.71. The summed E-state index contributed by atoms with van der Waals surface area (Å²) in [5, 5.41) is 26.5. The van der Waals surface area contributed by atoms with Crippen LogP contribution in [0.5, 0.6) is 0 Å². The first-order chi connectivity index (χ1) is 11.4. The Kier molecular flexibility index (Phi) is 8.66. The van der Waals surface area contributed by atoms with Gasteiger partial charge in [-0.1, -0.05) is 0 Å². The van der Waals surface area contributed by atoms with Gasteiger partial charge < -0.3 is 31.9 Å². The molecule has 0 aromatic heterocycles. The number of carboxylic acid groups (broad SMARTS) is 1. The number of hydrogen-bond donors (Lipinski definition) is 6. The Morgan fingerprint density at radius 2 is 2.00 bits per heavy atom. The molecule has 0 aliphatic carbocycles. The van der Waals surface area contributed by atoms with Crippen molar-refractivity contribution in [3.05, 3.63) is 0 Å². The molecule has 9 heteroatoms. The lowest BCUT2D eigenvalue weighted by Gasteiger charge is -2.24. The number of rotatable bonds is 10. The van der Waals surface area contributed by atoms with Gasteiger partial charge in [-0.05, 0) is 52.1 Å². The maximum absolute atomic E-state index is 12.4. The summed E-state index contributed by atoms with van der Waals surface area (Å²) in [6.45, 7) is 2.51. The van der Waals surface area contributed by atoms with E-state index in [1.54, 1.807) is 0 Å². The number of aliphatic hydroxyl groups excluding tert-OH is 1. The Balaban J connectivity index is 2.69. The van der Waals surface area contributed by atoms with E-state index in [-0.39, 0.29) is 11.9 Å². The largest absolute Gasteiger partial charge is 0.480 e. The third-order valence-corrected chi connectivity index (χ3v) is 4.00. The Labute approximate surface area is 141 Å². The average Bonchev–Trinajstić information content (AvgIpc) is 3.05. The first-order valence-electron chi connectivity index (χ1n) is 8.32. The fourth-order valence-electron chi connectivity index (χ4n) is 2.58. The van der Waals surface area contributed by atoms with Gasteiger partial charge in [-0.3, -0.25) is 9.59 Å². The van der Waals surface area contributed by atoms with Crippen molar-refractivity contribution in [1.29, 1.82) is 0 Å². The molecule has 0 bridgehead atoms. The lowest BCUT2D eigenvalue weighted by molar-refractivity contribution is -0.145. The normalized spacial score (nSPS) is 20.9. The van der Waals surface area contributed by atoms with Crippen molar-refractivity contribution in [2.75, 3.05) is 13.1 Å². The van der Waals surface area contributed by atoms with E-state index in [9.17, 15) is 19.5 Å². The number of nitrogens with two attached hydrogens (primary N) is 1. The molecule has 1 heterocycles. The van der Waals surface area contributed by atoms with Gasteiger partial charge in [0.25, 0.3) is 0 Å². The van der Waals surface area contributed by atoms with Gasteiger partial charge >= 0.3 is 5.97 Å². The molecule has 1 rings (SSSR count). The zero-order valence-corrected chi connectivity index (χ0v) is 14.0. The van der Waals surface area contributed by atoms with Crippen LogP contribution in [0.2, 0.25) is 0 Å². The predicted molar refractivity (Wildman–Crippen MR) is 87.1 cm³/mol. The molecule has 1 fully saturated rings. The van der Waals surface area contributed by atoms with Crippen LogP contribution in [0.4, 0.5) is 0 Å². The molecule has 0 saturated carbocycles. The van der Waals surface area contributed by atoms with Crippen LogP contribution >= 0.6 is 0 Å². The molecule has 0 spiro atoms. The molecule has 0 radical (unpaired) electrons. The quantitative estimate of drug-likeness (QED) is 0.258. The molecule has 0 aromatic rings. The molecule has 1 aliphatic heterocycles. The van der Waals surface area contributed by atoms with E-state index in [4.69, 9.17) is 10.8 Å². The molecule has 1 saturated heterocycles. The lowest BCUT2D eigenvalue weighted by Crippen LogP contribution is -2.56. The van der Waals surface area contributed by atoms with Crippen LogP contribution in [-0.2, 0) is 14.4 Å². The number of unbranched alkanes of at least 4 members (excludes halogenated alkanes) is 1. The summed E-state index contributed by atoms with van der Waals surface area (Å²) >= 11 is 0. The van der Waals surface area contributed by atoms with E-state index in [0.717, 1.165) is 13.0 Å². The van der Waals surface area contributed by atoms with Gasteiger partial charge in [-0.2, -0.15) is 0 Å². The molecule has 0 aromatic carbocycles. The first-order valence-corrected chi connectivity index (χ1v) is 8.32. The van der Waals surface area contributed by atoms with E-state index in [2.05, 4.69) is 16.0 Å². The maximum Gasteiger partial charge on any atom is 0.328 e. The fraction of sp³-hybridized carbons (Fsp3) is 0.800. The monoisotopic (exact) mass is 344 g/mol. The van der Waals surface area contributed by atoms with Gasteiger partial charge in [0.2, 0.25) is 11.8 Å². The highest BCUT2D eigenvalue weighted by Gasteiger charge is 2.31. The van der Waals surface area contributed by atoms with Gasteiger partial charge in [0.05, 0.1) is 12.1 Å². The topological polar surface area (TPSA) is 154 Å². The fourth-order valence-corrected chi connectivity index (χ4v) is 2.58. The van der Waals surface area contributed by atoms with Gasteiger partial charge in [-0.25, -0.2) is 4.79 Å². The van der Waals surface area contributed by atoms with Gasteiger partial charge in [0, 0.05) is 0 Å². The zero-order valence-electron chi connectivity index (χ0n) is 14.0. The smallest absolute Gasteiger partial charge is 0.328 e. The summed E-state index contributed by atoms with van der Waals surface area (Å²) in [4.78, 5) is 35.7. The van der Waals surface area contributed by atoms with Gasteiger partial charge in [-0.15, -0.1) is 0 Å². The van der Waals surface area contributed by atoms with Gasteiger partial charge in [0.15, 0.2) is 6.04 Å². The minimum atomic E-state index is -1.42. The second-order valence-electron chi connectivity index (χ2n) is 6.06. The van der Waals surface area contributed by atoms with E-state index in [1.165, 1.54) is 6.92 Å². The molecule has 4 atom stereocenters. The molecule has 4 unspecified atom stereocenters. The minimum Gasteiger partial charge on any atom is -0.480 e. The van der Waals surface area contributed by atoms with E-state index in [1.807, 2.05) is 0 Å².